The first-order valence-electron chi connectivity index (χ1n) is 8.52. The lowest BCUT2D eigenvalue weighted by molar-refractivity contribution is -0.140. The Morgan fingerprint density at radius 2 is 1.95 bits per heavy atom. The standard InChI is InChI=1S/C16H27N3O2/c20-15(10-13-4-1-2-5-13)18-8-3-6-14(12-18)19-9-7-17-11-16(19)21/h13-14,17H,1-12H2. The van der Waals surface area contributed by atoms with E-state index in [0.29, 0.717) is 18.4 Å². The molecule has 118 valence electrons. The van der Waals surface area contributed by atoms with Crippen LogP contribution < -0.4 is 5.32 Å². The first-order valence-corrected chi connectivity index (χ1v) is 8.52. The minimum absolute atomic E-state index is 0.191. The summed E-state index contributed by atoms with van der Waals surface area (Å²) in [6, 6.07) is 0.237. The number of nitrogens with one attached hydrogen (secondary N) is 1. The van der Waals surface area contributed by atoms with Gasteiger partial charge in [0.2, 0.25) is 11.8 Å². The third-order valence-corrected chi connectivity index (χ3v) is 5.25. The summed E-state index contributed by atoms with van der Waals surface area (Å²) in [5.74, 6) is 1.12. The Bertz CT molecular complexity index is 393. The van der Waals surface area contributed by atoms with E-state index in [0.717, 1.165) is 45.4 Å². The van der Waals surface area contributed by atoms with E-state index in [2.05, 4.69) is 5.32 Å². The van der Waals surface area contributed by atoms with E-state index in [4.69, 9.17) is 0 Å². The number of piperazine rings is 1. The molecule has 5 nitrogen and oxygen atoms in total. The highest BCUT2D eigenvalue weighted by Crippen LogP contribution is 2.28. The van der Waals surface area contributed by atoms with Crippen molar-refractivity contribution in [3.05, 3.63) is 0 Å². The van der Waals surface area contributed by atoms with Crippen molar-refractivity contribution in [2.75, 3.05) is 32.7 Å². The maximum Gasteiger partial charge on any atom is 0.236 e. The smallest absolute Gasteiger partial charge is 0.236 e. The summed E-state index contributed by atoms with van der Waals surface area (Å²) in [4.78, 5) is 28.5. The van der Waals surface area contributed by atoms with Gasteiger partial charge in [0.05, 0.1) is 6.54 Å². The Balaban J connectivity index is 1.54. The molecule has 21 heavy (non-hydrogen) atoms. The molecule has 0 spiro atoms. The van der Waals surface area contributed by atoms with E-state index in [1.807, 2.05) is 9.80 Å². The van der Waals surface area contributed by atoms with Gasteiger partial charge in [-0.1, -0.05) is 12.8 Å². The van der Waals surface area contributed by atoms with E-state index in [9.17, 15) is 9.59 Å². The molecule has 0 aromatic rings. The van der Waals surface area contributed by atoms with Gasteiger partial charge in [-0.2, -0.15) is 0 Å². The lowest BCUT2D eigenvalue weighted by Gasteiger charge is -2.41. The van der Waals surface area contributed by atoms with Crippen molar-refractivity contribution in [3.8, 4) is 0 Å². The molecule has 3 rings (SSSR count). The monoisotopic (exact) mass is 293 g/mol. The second kappa shape index (κ2) is 6.77. The van der Waals surface area contributed by atoms with Crippen LogP contribution in [0.4, 0.5) is 0 Å². The summed E-state index contributed by atoms with van der Waals surface area (Å²) in [5.41, 5.74) is 0. The van der Waals surface area contributed by atoms with Crippen LogP contribution >= 0.6 is 0 Å². The number of rotatable bonds is 3. The van der Waals surface area contributed by atoms with E-state index < -0.39 is 0 Å². The second-order valence-corrected chi connectivity index (χ2v) is 6.75. The predicted molar refractivity (Wildman–Crippen MR) is 80.8 cm³/mol. The summed E-state index contributed by atoms with van der Waals surface area (Å²) in [7, 11) is 0. The quantitative estimate of drug-likeness (QED) is 0.844. The Kier molecular flexibility index (Phi) is 4.78. The molecule has 1 saturated carbocycles. The van der Waals surface area contributed by atoms with Crippen molar-refractivity contribution < 1.29 is 9.59 Å². The van der Waals surface area contributed by atoms with Gasteiger partial charge in [-0.3, -0.25) is 9.59 Å². The Labute approximate surface area is 127 Å². The molecule has 1 aliphatic carbocycles. The molecule has 0 aromatic heterocycles. The second-order valence-electron chi connectivity index (χ2n) is 6.75. The zero-order valence-electron chi connectivity index (χ0n) is 12.9. The van der Waals surface area contributed by atoms with Crippen LogP contribution in [0, 0.1) is 5.92 Å². The van der Waals surface area contributed by atoms with Crippen molar-refractivity contribution >= 4 is 11.8 Å². The van der Waals surface area contributed by atoms with Crippen molar-refractivity contribution in [1.82, 2.24) is 15.1 Å². The molecule has 0 radical (unpaired) electrons. The van der Waals surface area contributed by atoms with Crippen molar-refractivity contribution in [2.45, 2.75) is 51.0 Å². The molecular weight excluding hydrogens is 266 g/mol. The summed E-state index contributed by atoms with van der Waals surface area (Å²) >= 11 is 0. The Hall–Kier alpha value is -1.10. The Morgan fingerprint density at radius 1 is 1.14 bits per heavy atom. The van der Waals surface area contributed by atoms with Gasteiger partial charge in [-0.05, 0) is 31.6 Å². The molecule has 1 N–H and O–H groups in total. The Morgan fingerprint density at radius 3 is 2.71 bits per heavy atom. The lowest BCUT2D eigenvalue weighted by atomic mass is 9.99. The zero-order chi connectivity index (χ0) is 14.7. The minimum Gasteiger partial charge on any atom is -0.341 e. The number of amides is 2. The first kappa shape index (κ1) is 14.8. The molecule has 0 bridgehead atoms. The largest absolute Gasteiger partial charge is 0.341 e. The maximum atomic E-state index is 12.5. The molecule has 2 amide bonds. The SMILES string of the molecule is O=C(CC1CCCC1)N1CCCC(N2CCNCC2=O)C1. The fourth-order valence-corrected chi connectivity index (χ4v) is 4.03. The summed E-state index contributed by atoms with van der Waals surface area (Å²) in [5, 5.41) is 3.11. The van der Waals surface area contributed by atoms with Gasteiger partial charge >= 0.3 is 0 Å². The number of likely N-dealkylation sites (tertiary alicyclic amines) is 1. The molecule has 3 aliphatic rings. The third kappa shape index (κ3) is 3.57. The minimum atomic E-state index is 0.191. The van der Waals surface area contributed by atoms with Crippen LogP contribution in [0.3, 0.4) is 0 Å². The van der Waals surface area contributed by atoms with E-state index in [1.165, 1.54) is 25.7 Å². The number of hydrogen-bond donors (Lipinski definition) is 1. The van der Waals surface area contributed by atoms with Gasteiger partial charge in [0.15, 0.2) is 0 Å². The molecule has 5 heteroatoms. The molecule has 0 aromatic carbocycles. The first-order chi connectivity index (χ1) is 10.2. The van der Waals surface area contributed by atoms with Gasteiger partial charge in [0, 0.05) is 38.6 Å². The highest BCUT2D eigenvalue weighted by molar-refractivity contribution is 5.80. The predicted octanol–water partition coefficient (Wildman–Crippen LogP) is 0.989. The summed E-state index contributed by atoms with van der Waals surface area (Å²) in [6.45, 7) is 3.73. The normalized spacial score (nSPS) is 28.2. The number of nitrogens with zero attached hydrogens (tertiary/aromatic N) is 2. The molecule has 3 fully saturated rings. The number of carbonyl (C=O) groups excluding carboxylic acids is 2. The number of hydrogen-bond acceptors (Lipinski definition) is 3. The summed E-state index contributed by atoms with van der Waals surface area (Å²) < 4.78 is 0. The molecule has 2 aliphatic heterocycles. The van der Waals surface area contributed by atoms with Crippen LogP contribution in [-0.2, 0) is 9.59 Å². The highest BCUT2D eigenvalue weighted by atomic mass is 16.2. The fraction of sp³-hybridized carbons (Fsp3) is 0.875. The van der Waals surface area contributed by atoms with Gasteiger partial charge in [-0.25, -0.2) is 0 Å². The molecule has 2 heterocycles. The molecule has 1 atom stereocenters. The van der Waals surface area contributed by atoms with Crippen LogP contribution in [0.25, 0.3) is 0 Å². The van der Waals surface area contributed by atoms with Crippen molar-refractivity contribution in [2.24, 2.45) is 5.92 Å². The van der Waals surface area contributed by atoms with Gasteiger partial charge in [0.25, 0.3) is 0 Å². The van der Waals surface area contributed by atoms with E-state index >= 15 is 0 Å². The molecule has 2 saturated heterocycles. The van der Waals surface area contributed by atoms with Crippen LogP contribution in [0.15, 0.2) is 0 Å². The van der Waals surface area contributed by atoms with Gasteiger partial charge < -0.3 is 15.1 Å². The van der Waals surface area contributed by atoms with Crippen molar-refractivity contribution in [1.29, 1.82) is 0 Å². The van der Waals surface area contributed by atoms with Crippen molar-refractivity contribution in [3.63, 3.8) is 0 Å². The third-order valence-electron chi connectivity index (χ3n) is 5.25. The maximum absolute atomic E-state index is 12.5. The average molecular weight is 293 g/mol. The lowest BCUT2D eigenvalue weighted by Crippen LogP contribution is -2.57. The van der Waals surface area contributed by atoms with Crippen LogP contribution in [-0.4, -0.2) is 60.4 Å². The number of carbonyl (C=O) groups is 2. The van der Waals surface area contributed by atoms with Crippen LogP contribution in [0.1, 0.15) is 44.9 Å². The molecule has 1 unspecified atom stereocenters. The number of piperidine rings is 1. The summed E-state index contributed by atoms with van der Waals surface area (Å²) in [6.07, 6.45) is 7.81. The topological polar surface area (TPSA) is 52.7 Å². The zero-order valence-corrected chi connectivity index (χ0v) is 12.9. The average Bonchev–Trinajstić information content (AvgIpc) is 3.01. The molecular formula is C16H27N3O2. The van der Waals surface area contributed by atoms with E-state index in [1.54, 1.807) is 0 Å². The van der Waals surface area contributed by atoms with Crippen LogP contribution in [0.5, 0.6) is 0 Å². The van der Waals surface area contributed by atoms with Crippen LogP contribution in [0.2, 0.25) is 0 Å². The fourth-order valence-electron chi connectivity index (χ4n) is 4.03. The van der Waals surface area contributed by atoms with E-state index in [-0.39, 0.29) is 11.9 Å². The van der Waals surface area contributed by atoms with Gasteiger partial charge in [0.1, 0.15) is 0 Å². The highest BCUT2D eigenvalue weighted by Gasteiger charge is 2.32. The van der Waals surface area contributed by atoms with Gasteiger partial charge in [-0.15, -0.1) is 0 Å².